The van der Waals surface area contributed by atoms with E-state index >= 15 is 0 Å². The zero-order valence-electron chi connectivity index (χ0n) is 13.9. The maximum absolute atomic E-state index is 12.2. The van der Waals surface area contributed by atoms with Crippen LogP contribution in [0, 0.1) is 0 Å². The van der Waals surface area contributed by atoms with Crippen LogP contribution in [0.5, 0.6) is 5.75 Å². The number of anilines is 1. The number of rotatable bonds is 7. The molecule has 0 radical (unpaired) electrons. The zero-order chi connectivity index (χ0) is 17.5. The first-order chi connectivity index (χ1) is 12.3. The van der Waals surface area contributed by atoms with Gasteiger partial charge < -0.3 is 19.8 Å². The fraction of sp³-hybridized carbons (Fsp3) is 0.158. The molecule has 3 rings (SSSR count). The van der Waals surface area contributed by atoms with Gasteiger partial charge in [0.05, 0.1) is 31.2 Å². The van der Waals surface area contributed by atoms with Gasteiger partial charge in [0.1, 0.15) is 11.5 Å². The van der Waals surface area contributed by atoms with Crippen molar-refractivity contribution in [1.29, 1.82) is 0 Å². The van der Waals surface area contributed by atoms with Crippen LogP contribution >= 0.6 is 0 Å². The van der Waals surface area contributed by atoms with Gasteiger partial charge in [0.15, 0.2) is 0 Å². The maximum Gasteiger partial charge on any atom is 0.253 e. The standard InChI is InChI=1S/C19H19N3O3/c1-24-18-7-3-2-5-14(18)11-21-16-9-15(10-20-12-16)19(23)22-13-17-6-4-8-25-17/h2-10,12,21H,11,13H2,1H3,(H,22,23). The molecule has 0 aliphatic rings. The van der Waals surface area contributed by atoms with E-state index < -0.39 is 0 Å². The van der Waals surface area contributed by atoms with E-state index in [1.165, 1.54) is 6.20 Å². The minimum Gasteiger partial charge on any atom is -0.496 e. The van der Waals surface area contributed by atoms with Gasteiger partial charge in [-0.3, -0.25) is 9.78 Å². The topological polar surface area (TPSA) is 76.4 Å². The van der Waals surface area contributed by atoms with Crippen molar-refractivity contribution in [2.45, 2.75) is 13.1 Å². The summed E-state index contributed by atoms with van der Waals surface area (Å²) in [7, 11) is 1.64. The third kappa shape index (κ3) is 4.38. The third-order valence-corrected chi connectivity index (χ3v) is 3.68. The van der Waals surface area contributed by atoms with Crippen LogP contribution in [0.3, 0.4) is 0 Å². The van der Waals surface area contributed by atoms with Gasteiger partial charge >= 0.3 is 0 Å². The lowest BCUT2D eigenvalue weighted by Gasteiger charge is -2.11. The number of ether oxygens (including phenoxy) is 1. The number of carbonyl (C=O) groups is 1. The van der Waals surface area contributed by atoms with Gasteiger partial charge in [0.25, 0.3) is 5.91 Å². The predicted molar refractivity (Wildman–Crippen MR) is 94.4 cm³/mol. The van der Waals surface area contributed by atoms with Crippen LogP contribution in [0.25, 0.3) is 0 Å². The van der Waals surface area contributed by atoms with E-state index in [1.54, 1.807) is 31.7 Å². The van der Waals surface area contributed by atoms with Gasteiger partial charge in [0, 0.05) is 24.5 Å². The van der Waals surface area contributed by atoms with Crippen LogP contribution in [-0.2, 0) is 13.1 Å². The molecule has 0 saturated heterocycles. The quantitative estimate of drug-likeness (QED) is 0.692. The van der Waals surface area contributed by atoms with Crippen molar-refractivity contribution < 1.29 is 13.9 Å². The number of hydrogen-bond donors (Lipinski definition) is 2. The largest absolute Gasteiger partial charge is 0.496 e. The summed E-state index contributed by atoms with van der Waals surface area (Å²) in [4.78, 5) is 16.4. The van der Waals surface area contributed by atoms with E-state index in [2.05, 4.69) is 15.6 Å². The average molecular weight is 337 g/mol. The number of benzene rings is 1. The number of furan rings is 1. The number of aromatic nitrogens is 1. The molecule has 3 aromatic rings. The second kappa shape index (κ2) is 8.01. The number of methoxy groups -OCH3 is 1. The Labute approximate surface area is 145 Å². The molecule has 1 amide bonds. The number of amides is 1. The first kappa shape index (κ1) is 16.6. The Morgan fingerprint density at radius 1 is 1.16 bits per heavy atom. The summed E-state index contributed by atoms with van der Waals surface area (Å²) in [5.41, 5.74) is 2.27. The fourth-order valence-electron chi connectivity index (χ4n) is 2.39. The third-order valence-electron chi connectivity index (χ3n) is 3.68. The molecule has 0 saturated carbocycles. The molecule has 0 aliphatic heterocycles. The second-order valence-electron chi connectivity index (χ2n) is 5.39. The number of pyridine rings is 1. The molecule has 2 aromatic heterocycles. The van der Waals surface area contributed by atoms with E-state index in [-0.39, 0.29) is 5.91 Å². The molecule has 0 unspecified atom stereocenters. The SMILES string of the molecule is COc1ccccc1CNc1cncc(C(=O)NCc2ccco2)c1. The van der Waals surface area contributed by atoms with Crippen molar-refractivity contribution in [1.82, 2.24) is 10.3 Å². The highest BCUT2D eigenvalue weighted by molar-refractivity contribution is 5.94. The number of carbonyl (C=O) groups excluding carboxylic acids is 1. The Morgan fingerprint density at radius 3 is 2.84 bits per heavy atom. The molecule has 128 valence electrons. The summed E-state index contributed by atoms with van der Waals surface area (Å²) in [6, 6.07) is 13.1. The fourth-order valence-corrected chi connectivity index (χ4v) is 2.39. The molecule has 0 bridgehead atoms. The van der Waals surface area contributed by atoms with Crippen LogP contribution in [0.4, 0.5) is 5.69 Å². The molecule has 25 heavy (non-hydrogen) atoms. The molecule has 6 nitrogen and oxygen atoms in total. The summed E-state index contributed by atoms with van der Waals surface area (Å²) in [6.45, 7) is 0.911. The first-order valence-electron chi connectivity index (χ1n) is 7.87. The molecule has 0 aliphatic carbocycles. The normalized spacial score (nSPS) is 10.3. The molecular weight excluding hydrogens is 318 g/mol. The van der Waals surface area contributed by atoms with Crippen molar-refractivity contribution in [3.63, 3.8) is 0 Å². The number of hydrogen-bond acceptors (Lipinski definition) is 5. The van der Waals surface area contributed by atoms with E-state index in [1.807, 2.05) is 30.3 Å². The molecule has 2 N–H and O–H groups in total. The number of nitrogens with zero attached hydrogens (tertiary/aromatic N) is 1. The van der Waals surface area contributed by atoms with E-state index in [0.29, 0.717) is 24.4 Å². The summed E-state index contributed by atoms with van der Waals surface area (Å²) >= 11 is 0. The lowest BCUT2D eigenvalue weighted by Crippen LogP contribution is -2.22. The highest BCUT2D eigenvalue weighted by Gasteiger charge is 2.08. The van der Waals surface area contributed by atoms with E-state index in [0.717, 1.165) is 17.0 Å². The van der Waals surface area contributed by atoms with Crippen molar-refractivity contribution in [3.8, 4) is 5.75 Å². The summed E-state index contributed by atoms with van der Waals surface area (Å²) in [5, 5.41) is 6.06. The molecule has 0 spiro atoms. The summed E-state index contributed by atoms with van der Waals surface area (Å²) in [6.07, 6.45) is 4.79. The van der Waals surface area contributed by atoms with Gasteiger partial charge in [-0.1, -0.05) is 18.2 Å². The van der Waals surface area contributed by atoms with E-state index in [9.17, 15) is 4.79 Å². The van der Waals surface area contributed by atoms with E-state index in [4.69, 9.17) is 9.15 Å². The minimum absolute atomic E-state index is 0.204. The first-order valence-corrected chi connectivity index (χ1v) is 7.87. The minimum atomic E-state index is -0.204. The van der Waals surface area contributed by atoms with Crippen LogP contribution in [0.1, 0.15) is 21.7 Å². The molecule has 1 aromatic carbocycles. The Hall–Kier alpha value is -3.28. The zero-order valence-corrected chi connectivity index (χ0v) is 13.9. The van der Waals surface area contributed by atoms with Gasteiger partial charge in [0.2, 0.25) is 0 Å². The molecule has 0 fully saturated rings. The van der Waals surface area contributed by atoms with Gasteiger partial charge in [-0.25, -0.2) is 0 Å². The van der Waals surface area contributed by atoms with Crippen LogP contribution in [-0.4, -0.2) is 18.0 Å². The maximum atomic E-state index is 12.2. The van der Waals surface area contributed by atoms with Gasteiger partial charge in [-0.15, -0.1) is 0 Å². The monoisotopic (exact) mass is 337 g/mol. The molecule has 2 heterocycles. The molecule has 0 atom stereocenters. The molecule has 6 heteroatoms. The van der Waals surface area contributed by atoms with Crippen molar-refractivity contribution in [3.05, 3.63) is 78.0 Å². The Kier molecular flexibility index (Phi) is 5.31. The van der Waals surface area contributed by atoms with Crippen molar-refractivity contribution in [2.24, 2.45) is 0 Å². The molecular formula is C19H19N3O3. The smallest absolute Gasteiger partial charge is 0.253 e. The summed E-state index contributed by atoms with van der Waals surface area (Å²) < 4.78 is 10.5. The van der Waals surface area contributed by atoms with Crippen LogP contribution in [0.15, 0.2) is 65.5 Å². The van der Waals surface area contributed by atoms with Crippen molar-refractivity contribution >= 4 is 11.6 Å². The highest BCUT2D eigenvalue weighted by atomic mass is 16.5. The van der Waals surface area contributed by atoms with Gasteiger partial charge in [-0.05, 0) is 24.3 Å². The van der Waals surface area contributed by atoms with Crippen molar-refractivity contribution in [2.75, 3.05) is 12.4 Å². The number of para-hydroxylation sites is 1. The van der Waals surface area contributed by atoms with Crippen LogP contribution in [0.2, 0.25) is 0 Å². The predicted octanol–water partition coefficient (Wildman–Crippen LogP) is 3.23. The Balaban J connectivity index is 1.61. The lowest BCUT2D eigenvalue weighted by atomic mass is 10.2. The highest BCUT2D eigenvalue weighted by Crippen LogP contribution is 2.19. The Morgan fingerprint density at radius 2 is 2.04 bits per heavy atom. The lowest BCUT2D eigenvalue weighted by molar-refractivity contribution is 0.0947. The average Bonchev–Trinajstić information content (AvgIpc) is 3.18. The second-order valence-corrected chi connectivity index (χ2v) is 5.39. The van der Waals surface area contributed by atoms with Crippen LogP contribution < -0.4 is 15.4 Å². The number of nitrogens with one attached hydrogen (secondary N) is 2. The summed E-state index contributed by atoms with van der Waals surface area (Å²) in [5.74, 6) is 1.31. The Bertz CT molecular complexity index is 831. The van der Waals surface area contributed by atoms with Gasteiger partial charge in [-0.2, -0.15) is 0 Å².